The van der Waals surface area contributed by atoms with Crippen molar-refractivity contribution >= 4 is 27.2 Å². The first kappa shape index (κ1) is 17.0. The zero-order valence-corrected chi connectivity index (χ0v) is 13.4. The summed E-state index contributed by atoms with van der Waals surface area (Å²) in [4.78, 5) is 2.45. The van der Waals surface area contributed by atoms with Crippen molar-refractivity contribution in [1.29, 1.82) is 0 Å². The summed E-state index contributed by atoms with van der Waals surface area (Å²) < 4.78 is 26.8. The molecule has 3 N–H and O–H groups in total. The van der Waals surface area contributed by atoms with Gasteiger partial charge in [-0.05, 0) is 45.6 Å². The number of hydrogen-bond acceptors (Lipinski definition) is 4. The lowest BCUT2D eigenvalue weighted by atomic mass is 10.2. The molecule has 0 bridgehead atoms. The average Bonchev–Trinajstić information content (AvgIpc) is 2.38. The van der Waals surface area contributed by atoms with E-state index in [-0.39, 0.29) is 9.88 Å². The second-order valence-electron chi connectivity index (χ2n) is 4.80. The number of hydrogen-bond donors (Lipinski definition) is 2. The summed E-state index contributed by atoms with van der Waals surface area (Å²) in [7, 11) is 0.487. The minimum absolute atomic E-state index is 0.188. The van der Waals surface area contributed by atoms with Crippen LogP contribution in [-0.4, -0.2) is 45.5 Å². The Balaban J connectivity index is 2.60. The first-order chi connectivity index (χ1) is 9.33. The van der Waals surface area contributed by atoms with Crippen LogP contribution in [0.3, 0.4) is 0 Å². The van der Waals surface area contributed by atoms with Crippen molar-refractivity contribution in [3.63, 3.8) is 0 Å². The van der Waals surface area contributed by atoms with Gasteiger partial charge in [-0.15, -0.1) is 0 Å². The minimum atomic E-state index is -3.50. The normalized spacial score (nSPS) is 11.8. The van der Waals surface area contributed by atoms with Gasteiger partial charge in [-0.2, -0.15) is 0 Å². The van der Waals surface area contributed by atoms with E-state index >= 15 is 0 Å². The Morgan fingerprint density at radius 3 is 2.65 bits per heavy atom. The first-order valence-electron chi connectivity index (χ1n) is 6.37. The number of nitrogens with two attached hydrogens (primary N) is 1. The molecule has 0 aliphatic rings. The highest BCUT2D eigenvalue weighted by atomic mass is 32.2. The van der Waals surface area contributed by atoms with E-state index in [1.54, 1.807) is 12.1 Å². The van der Waals surface area contributed by atoms with Gasteiger partial charge in [0, 0.05) is 12.1 Å². The average molecular weight is 315 g/mol. The van der Waals surface area contributed by atoms with Gasteiger partial charge in [-0.1, -0.05) is 24.4 Å². The maximum atomic E-state index is 12.1. The van der Waals surface area contributed by atoms with Crippen molar-refractivity contribution in [3.8, 4) is 0 Å². The molecule has 0 amide bonds. The lowest BCUT2D eigenvalue weighted by Crippen LogP contribution is -2.26. The molecule has 0 aliphatic carbocycles. The van der Waals surface area contributed by atoms with E-state index in [1.165, 1.54) is 12.1 Å². The Morgan fingerprint density at radius 1 is 1.35 bits per heavy atom. The van der Waals surface area contributed by atoms with Crippen LogP contribution in [0.5, 0.6) is 0 Å². The number of unbranched alkanes of at least 4 members (excludes halogenated alkanes) is 1. The molecule has 20 heavy (non-hydrogen) atoms. The van der Waals surface area contributed by atoms with Crippen molar-refractivity contribution in [2.24, 2.45) is 5.73 Å². The third-order valence-corrected chi connectivity index (χ3v) is 4.45. The van der Waals surface area contributed by atoms with E-state index in [9.17, 15) is 8.42 Å². The molecule has 0 aliphatic heterocycles. The molecule has 0 aromatic heterocycles. The fraction of sp³-hybridized carbons (Fsp3) is 0.462. The summed E-state index contributed by atoms with van der Waals surface area (Å²) >= 11 is 4.85. The molecular formula is C13H21N3O2S2. The van der Waals surface area contributed by atoms with Crippen molar-refractivity contribution in [2.75, 3.05) is 27.2 Å². The summed E-state index contributed by atoms with van der Waals surface area (Å²) in [6, 6.07) is 6.35. The largest absolute Gasteiger partial charge is 0.389 e. The Bertz CT molecular complexity index is 556. The molecule has 0 heterocycles. The smallest absolute Gasteiger partial charge is 0.240 e. The van der Waals surface area contributed by atoms with Crippen LogP contribution in [0.2, 0.25) is 0 Å². The first-order valence-corrected chi connectivity index (χ1v) is 8.26. The SMILES string of the molecule is CN(C)CCCCNS(=O)(=O)c1cccc(C(N)=S)c1. The number of rotatable bonds is 8. The van der Waals surface area contributed by atoms with Crippen LogP contribution in [0.4, 0.5) is 0 Å². The van der Waals surface area contributed by atoms with E-state index in [0.717, 1.165) is 19.4 Å². The quantitative estimate of drug-likeness (QED) is 0.552. The molecule has 0 atom stereocenters. The van der Waals surface area contributed by atoms with E-state index in [0.29, 0.717) is 12.1 Å². The van der Waals surface area contributed by atoms with Gasteiger partial charge in [0.05, 0.1) is 4.90 Å². The summed E-state index contributed by atoms with van der Waals surface area (Å²) in [5.41, 5.74) is 6.06. The van der Waals surface area contributed by atoms with Gasteiger partial charge in [0.25, 0.3) is 0 Å². The zero-order chi connectivity index (χ0) is 15.2. The number of benzene rings is 1. The standard InChI is InChI=1S/C13H21N3O2S2/c1-16(2)9-4-3-8-15-20(17,18)12-7-5-6-11(10-12)13(14)19/h5-7,10,15H,3-4,8-9H2,1-2H3,(H2,14,19). The van der Waals surface area contributed by atoms with Crippen LogP contribution < -0.4 is 10.5 Å². The number of nitrogens with one attached hydrogen (secondary N) is 1. The van der Waals surface area contributed by atoms with Crippen LogP contribution in [0.1, 0.15) is 18.4 Å². The molecule has 5 nitrogen and oxygen atoms in total. The molecule has 0 saturated heterocycles. The van der Waals surface area contributed by atoms with Gasteiger partial charge in [0.15, 0.2) is 0 Å². The lowest BCUT2D eigenvalue weighted by Gasteiger charge is -2.10. The highest BCUT2D eigenvalue weighted by Gasteiger charge is 2.14. The number of sulfonamides is 1. The molecule has 0 unspecified atom stereocenters. The second-order valence-corrected chi connectivity index (χ2v) is 7.01. The monoisotopic (exact) mass is 315 g/mol. The van der Waals surface area contributed by atoms with Crippen LogP contribution in [0, 0.1) is 0 Å². The predicted molar refractivity (Wildman–Crippen MR) is 85.3 cm³/mol. The summed E-state index contributed by atoms with van der Waals surface area (Å²) in [6.45, 7) is 1.37. The molecule has 1 aromatic rings. The zero-order valence-electron chi connectivity index (χ0n) is 11.8. The lowest BCUT2D eigenvalue weighted by molar-refractivity contribution is 0.394. The van der Waals surface area contributed by atoms with Crippen molar-refractivity contribution in [2.45, 2.75) is 17.7 Å². The summed E-state index contributed by atoms with van der Waals surface area (Å²) in [5, 5.41) is 0. The molecule has 0 fully saturated rings. The third kappa shape index (κ3) is 5.54. The third-order valence-electron chi connectivity index (χ3n) is 2.75. The summed E-state index contributed by atoms with van der Waals surface area (Å²) in [6.07, 6.45) is 1.74. The molecule has 0 spiro atoms. The highest BCUT2D eigenvalue weighted by Crippen LogP contribution is 2.11. The molecule has 112 valence electrons. The van der Waals surface area contributed by atoms with E-state index < -0.39 is 10.0 Å². The van der Waals surface area contributed by atoms with Gasteiger partial charge in [0.2, 0.25) is 10.0 Å². The van der Waals surface area contributed by atoms with Crippen LogP contribution in [-0.2, 0) is 10.0 Å². The molecule has 0 radical (unpaired) electrons. The number of nitrogens with zero attached hydrogens (tertiary/aromatic N) is 1. The van der Waals surface area contributed by atoms with E-state index in [2.05, 4.69) is 9.62 Å². The minimum Gasteiger partial charge on any atom is -0.389 e. The van der Waals surface area contributed by atoms with Crippen LogP contribution in [0.15, 0.2) is 29.2 Å². The van der Waals surface area contributed by atoms with Crippen LogP contribution in [0.25, 0.3) is 0 Å². The molecular weight excluding hydrogens is 294 g/mol. The Labute approximate surface area is 126 Å². The predicted octanol–water partition coefficient (Wildman–Crippen LogP) is 0.941. The van der Waals surface area contributed by atoms with E-state index in [4.69, 9.17) is 18.0 Å². The second kappa shape index (κ2) is 7.68. The fourth-order valence-electron chi connectivity index (χ4n) is 1.66. The van der Waals surface area contributed by atoms with Gasteiger partial charge >= 0.3 is 0 Å². The maximum absolute atomic E-state index is 12.1. The van der Waals surface area contributed by atoms with Gasteiger partial charge in [-0.3, -0.25) is 0 Å². The maximum Gasteiger partial charge on any atom is 0.240 e. The van der Waals surface area contributed by atoms with Crippen molar-refractivity contribution in [1.82, 2.24) is 9.62 Å². The molecule has 7 heteroatoms. The molecule has 1 aromatic carbocycles. The van der Waals surface area contributed by atoms with Crippen LogP contribution >= 0.6 is 12.2 Å². The molecule has 1 rings (SSSR count). The van der Waals surface area contributed by atoms with Crippen molar-refractivity contribution < 1.29 is 8.42 Å². The van der Waals surface area contributed by atoms with E-state index in [1.807, 2.05) is 14.1 Å². The summed E-state index contributed by atoms with van der Waals surface area (Å²) in [5.74, 6) is 0. The van der Waals surface area contributed by atoms with Crippen molar-refractivity contribution in [3.05, 3.63) is 29.8 Å². The number of thiocarbonyl (C=S) groups is 1. The molecule has 0 saturated carbocycles. The topological polar surface area (TPSA) is 75.4 Å². The van der Waals surface area contributed by atoms with Gasteiger partial charge < -0.3 is 10.6 Å². The fourth-order valence-corrected chi connectivity index (χ4v) is 2.91. The van der Waals surface area contributed by atoms with Gasteiger partial charge in [0.1, 0.15) is 4.99 Å². The Hall–Kier alpha value is -1.02. The Morgan fingerprint density at radius 2 is 2.05 bits per heavy atom. The Kier molecular flexibility index (Phi) is 6.54. The van der Waals surface area contributed by atoms with Gasteiger partial charge in [-0.25, -0.2) is 13.1 Å². The highest BCUT2D eigenvalue weighted by molar-refractivity contribution is 7.89.